The van der Waals surface area contributed by atoms with Crippen molar-refractivity contribution in [3.05, 3.63) is 71.6 Å². The smallest absolute Gasteiger partial charge is 0.308 e. The van der Waals surface area contributed by atoms with Gasteiger partial charge in [0.05, 0.1) is 7.11 Å². The molecule has 0 aliphatic carbocycles. The number of aryl methyl sites for hydroxylation is 2. The van der Waals surface area contributed by atoms with E-state index < -0.39 is 5.97 Å². The first kappa shape index (κ1) is 22.5. The van der Waals surface area contributed by atoms with Crippen LogP contribution in [0.15, 0.2) is 54.6 Å². The highest BCUT2D eigenvalue weighted by molar-refractivity contribution is 6.02. The fourth-order valence-corrected chi connectivity index (χ4v) is 2.93. The molecule has 0 radical (unpaired) electrons. The molecule has 1 heterocycles. The minimum absolute atomic E-state index is 0.286. The summed E-state index contributed by atoms with van der Waals surface area (Å²) < 4.78 is 10.3. The summed E-state index contributed by atoms with van der Waals surface area (Å²) in [6.45, 7) is 5.14. The van der Waals surface area contributed by atoms with Crippen LogP contribution in [0.3, 0.4) is 0 Å². The van der Waals surface area contributed by atoms with Crippen molar-refractivity contribution in [2.45, 2.75) is 20.8 Å². The number of benzene rings is 2. The van der Waals surface area contributed by atoms with Gasteiger partial charge < -0.3 is 20.1 Å². The Morgan fingerprint density at radius 2 is 1.56 bits per heavy atom. The summed E-state index contributed by atoms with van der Waals surface area (Å²) in [4.78, 5) is 32.1. The van der Waals surface area contributed by atoms with E-state index in [0.717, 1.165) is 22.6 Å². The molecule has 1 aromatic heterocycles. The molecule has 2 aromatic carbocycles. The summed E-state index contributed by atoms with van der Waals surface area (Å²) in [6, 6.07) is 14.2. The lowest BCUT2D eigenvalue weighted by atomic mass is 10.2. The van der Waals surface area contributed by atoms with Crippen LogP contribution in [0, 0.1) is 13.8 Å². The molecule has 0 unspecified atom stereocenters. The second-order valence-corrected chi connectivity index (χ2v) is 7.00. The van der Waals surface area contributed by atoms with Crippen LogP contribution in [0.2, 0.25) is 0 Å². The van der Waals surface area contributed by atoms with E-state index in [0.29, 0.717) is 23.1 Å². The van der Waals surface area contributed by atoms with Crippen LogP contribution in [0.5, 0.6) is 11.5 Å². The van der Waals surface area contributed by atoms with Gasteiger partial charge in [-0.2, -0.15) is 0 Å². The van der Waals surface area contributed by atoms with Gasteiger partial charge in [0, 0.05) is 35.8 Å². The molecular formula is C24H24N4O4. The highest BCUT2D eigenvalue weighted by Gasteiger charge is 2.07. The highest BCUT2D eigenvalue weighted by atomic mass is 16.6. The number of nitrogens with one attached hydrogen (secondary N) is 2. The van der Waals surface area contributed by atoms with Crippen LogP contribution >= 0.6 is 0 Å². The normalized spacial score (nSPS) is 10.6. The zero-order chi connectivity index (χ0) is 23.1. The first-order chi connectivity index (χ1) is 15.3. The zero-order valence-corrected chi connectivity index (χ0v) is 18.3. The maximum atomic E-state index is 12.3. The Bertz CT molecular complexity index is 1140. The van der Waals surface area contributed by atoms with E-state index in [1.807, 2.05) is 32.0 Å². The predicted molar refractivity (Wildman–Crippen MR) is 123 cm³/mol. The van der Waals surface area contributed by atoms with Crippen molar-refractivity contribution < 1.29 is 19.1 Å². The van der Waals surface area contributed by atoms with Crippen molar-refractivity contribution in [3.63, 3.8) is 0 Å². The van der Waals surface area contributed by atoms with E-state index in [2.05, 4.69) is 20.6 Å². The Morgan fingerprint density at radius 3 is 2.19 bits per heavy atom. The van der Waals surface area contributed by atoms with Crippen LogP contribution in [-0.4, -0.2) is 29.0 Å². The minimum Gasteiger partial charge on any atom is -0.493 e. The molecule has 0 fully saturated rings. The fourth-order valence-electron chi connectivity index (χ4n) is 2.93. The van der Waals surface area contributed by atoms with E-state index in [4.69, 9.17) is 9.47 Å². The van der Waals surface area contributed by atoms with Crippen LogP contribution in [0.25, 0.3) is 6.08 Å². The van der Waals surface area contributed by atoms with Gasteiger partial charge in [-0.1, -0.05) is 6.07 Å². The van der Waals surface area contributed by atoms with Gasteiger partial charge in [-0.3, -0.25) is 9.59 Å². The number of carbonyl (C=O) groups is 2. The second-order valence-electron chi connectivity index (χ2n) is 7.00. The number of rotatable bonds is 7. The number of hydrogen-bond donors (Lipinski definition) is 2. The van der Waals surface area contributed by atoms with Gasteiger partial charge in [0.15, 0.2) is 11.5 Å². The number of esters is 1. The molecule has 1 amide bonds. The molecule has 0 spiro atoms. The lowest BCUT2D eigenvalue weighted by Crippen LogP contribution is -2.07. The maximum Gasteiger partial charge on any atom is 0.308 e. The average Bonchev–Trinajstić information content (AvgIpc) is 2.73. The molecule has 0 aliphatic rings. The van der Waals surface area contributed by atoms with Gasteiger partial charge in [0.1, 0.15) is 0 Å². The van der Waals surface area contributed by atoms with Crippen molar-refractivity contribution >= 4 is 35.3 Å². The summed E-state index contributed by atoms with van der Waals surface area (Å²) >= 11 is 0. The molecule has 0 saturated carbocycles. The molecule has 8 heteroatoms. The van der Waals surface area contributed by atoms with Gasteiger partial charge in [-0.05, 0) is 68.0 Å². The van der Waals surface area contributed by atoms with Crippen LogP contribution in [0.4, 0.5) is 17.3 Å². The van der Waals surface area contributed by atoms with Crippen molar-refractivity contribution in [2.75, 3.05) is 17.7 Å². The molecule has 3 aromatic rings. The van der Waals surface area contributed by atoms with Gasteiger partial charge in [0.2, 0.25) is 11.9 Å². The number of aromatic nitrogens is 2. The standard InChI is InChI=1S/C24H24N4O4/c1-15-13-16(2)26-24(25-15)28-20-9-7-19(8-10-20)27-23(30)12-6-18-5-11-21(32-17(3)29)22(14-18)31-4/h5-14H,1-4H3,(H,27,30)(H,25,26,28)/b12-6+. The molecule has 32 heavy (non-hydrogen) atoms. The van der Waals surface area contributed by atoms with Gasteiger partial charge in [-0.15, -0.1) is 0 Å². The molecule has 0 aliphatic heterocycles. The summed E-state index contributed by atoms with van der Waals surface area (Å²) in [5.74, 6) is 0.526. The van der Waals surface area contributed by atoms with Crippen molar-refractivity contribution in [1.82, 2.24) is 9.97 Å². The van der Waals surface area contributed by atoms with Gasteiger partial charge in [-0.25, -0.2) is 9.97 Å². The molecular weight excluding hydrogens is 408 g/mol. The van der Waals surface area contributed by atoms with Crippen LogP contribution < -0.4 is 20.1 Å². The maximum absolute atomic E-state index is 12.3. The van der Waals surface area contributed by atoms with Crippen LogP contribution in [-0.2, 0) is 9.59 Å². The number of anilines is 3. The summed E-state index contributed by atoms with van der Waals surface area (Å²) in [5.41, 5.74) is 3.95. The zero-order valence-electron chi connectivity index (χ0n) is 18.3. The molecule has 164 valence electrons. The van der Waals surface area contributed by atoms with Crippen LogP contribution in [0.1, 0.15) is 23.9 Å². The average molecular weight is 432 g/mol. The molecule has 0 atom stereocenters. The first-order valence-corrected chi connectivity index (χ1v) is 9.87. The van der Waals surface area contributed by atoms with Gasteiger partial charge in [0.25, 0.3) is 0 Å². The van der Waals surface area contributed by atoms with E-state index in [-0.39, 0.29) is 5.91 Å². The Kier molecular flexibility index (Phi) is 7.17. The third-order valence-electron chi connectivity index (χ3n) is 4.26. The molecule has 2 N–H and O–H groups in total. The fraction of sp³-hybridized carbons (Fsp3) is 0.167. The third-order valence-corrected chi connectivity index (χ3v) is 4.26. The number of hydrogen-bond acceptors (Lipinski definition) is 7. The SMILES string of the molecule is COc1cc(/C=C/C(=O)Nc2ccc(Nc3nc(C)cc(C)n3)cc2)ccc1OC(C)=O. The Balaban J connectivity index is 1.61. The monoisotopic (exact) mass is 432 g/mol. The van der Waals surface area contributed by atoms with E-state index in [9.17, 15) is 9.59 Å². The quantitative estimate of drug-likeness (QED) is 0.324. The summed E-state index contributed by atoms with van der Waals surface area (Å²) in [5, 5.41) is 5.95. The lowest BCUT2D eigenvalue weighted by molar-refractivity contribution is -0.132. The number of amides is 1. The minimum atomic E-state index is -0.436. The Hall–Kier alpha value is -4.20. The molecule has 8 nitrogen and oxygen atoms in total. The predicted octanol–water partition coefficient (Wildman–Crippen LogP) is 4.42. The number of nitrogens with zero attached hydrogens (tertiary/aromatic N) is 2. The van der Waals surface area contributed by atoms with E-state index >= 15 is 0 Å². The van der Waals surface area contributed by atoms with E-state index in [1.165, 1.54) is 20.1 Å². The Morgan fingerprint density at radius 1 is 0.906 bits per heavy atom. The number of methoxy groups -OCH3 is 1. The summed E-state index contributed by atoms with van der Waals surface area (Å²) in [7, 11) is 1.48. The van der Waals surface area contributed by atoms with Crippen molar-refractivity contribution in [1.29, 1.82) is 0 Å². The highest BCUT2D eigenvalue weighted by Crippen LogP contribution is 2.28. The van der Waals surface area contributed by atoms with E-state index in [1.54, 1.807) is 36.4 Å². The number of carbonyl (C=O) groups excluding carboxylic acids is 2. The van der Waals surface area contributed by atoms with Gasteiger partial charge >= 0.3 is 5.97 Å². The third kappa shape index (κ3) is 6.40. The topological polar surface area (TPSA) is 102 Å². The number of ether oxygens (including phenoxy) is 2. The first-order valence-electron chi connectivity index (χ1n) is 9.87. The molecule has 3 rings (SSSR count). The second kappa shape index (κ2) is 10.2. The Labute approximate surface area is 186 Å². The van der Waals surface area contributed by atoms with Crippen molar-refractivity contribution in [2.24, 2.45) is 0 Å². The molecule has 0 saturated heterocycles. The lowest BCUT2D eigenvalue weighted by Gasteiger charge is -2.09. The summed E-state index contributed by atoms with van der Waals surface area (Å²) in [6.07, 6.45) is 3.05. The molecule has 0 bridgehead atoms. The van der Waals surface area contributed by atoms with Crippen molar-refractivity contribution in [3.8, 4) is 11.5 Å². The largest absolute Gasteiger partial charge is 0.493 e.